The lowest BCUT2D eigenvalue weighted by atomic mass is 10.1. The summed E-state index contributed by atoms with van der Waals surface area (Å²) < 4.78 is 0. The summed E-state index contributed by atoms with van der Waals surface area (Å²) in [6.07, 6.45) is 1.73. The molecular weight excluding hydrogens is 250 g/mol. The molecule has 2 N–H and O–H groups in total. The molecule has 6 heteroatoms. The van der Waals surface area contributed by atoms with Gasteiger partial charge in [0.2, 0.25) is 0 Å². The number of thiazole rings is 1. The summed E-state index contributed by atoms with van der Waals surface area (Å²) in [7, 11) is 0. The number of rotatable bonds is 3. The van der Waals surface area contributed by atoms with E-state index in [-0.39, 0.29) is 11.7 Å². The van der Waals surface area contributed by atoms with Gasteiger partial charge in [0, 0.05) is 34.8 Å². The maximum atomic E-state index is 10.8. The molecule has 5 nitrogen and oxygen atoms in total. The van der Waals surface area contributed by atoms with Crippen molar-refractivity contribution in [2.24, 2.45) is 5.73 Å². The van der Waals surface area contributed by atoms with Crippen LogP contribution in [0.2, 0.25) is 0 Å². The Hall–Kier alpha value is -1.79. The van der Waals surface area contributed by atoms with E-state index in [9.17, 15) is 10.1 Å². The van der Waals surface area contributed by atoms with Gasteiger partial charge in [-0.25, -0.2) is 4.98 Å². The van der Waals surface area contributed by atoms with Crippen LogP contribution in [-0.4, -0.2) is 9.91 Å². The van der Waals surface area contributed by atoms with Gasteiger partial charge in [-0.2, -0.15) is 0 Å². The Labute approximate surface area is 108 Å². The summed E-state index contributed by atoms with van der Waals surface area (Å²) >= 11 is 1.47. The van der Waals surface area contributed by atoms with Crippen molar-refractivity contribution < 1.29 is 4.92 Å². The van der Waals surface area contributed by atoms with Gasteiger partial charge in [0.1, 0.15) is 5.01 Å². The van der Waals surface area contributed by atoms with E-state index in [1.54, 1.807) is 18.3 Å². The molecular formula is C12H13N3O2S. The third-order valence-corrected chi connectivity index (χ3v) is 3.87. The quantitative estimate of drug-likeness (QED) is 0.681. The number of benzene rings is 1. The van der Waals surface area contributed by atoms with Crippen LogP contribution in [-0.2, 0) is 0 Å². The molecule has 0 radical (unpaired) electrons. The van der Waals surface area contributed by atoms with Crippen LogP contribution in [0.5, 0.6) is 0 Å². The van der Waals surface area contributed by atoms with Crippen LogP contribution in [0, 0.1) is 17.0 Å². The van der Waals surface area contributed by atoms with Gasteiger partial charge in [0.15, 0.2) is 0 Å². The molecule has 1 unspecified atom stereocenters. The van der Waals surface area contributed by atoms with Crippen LogP contribution in [0.1, 0.15) is 23.4 Å². The van der Waals surface area contributed by atoms with Crippen molar-refractivity contribution >= 4 is 17.0 Å². The Morgan fingerprint density at radius 3 is 2.78 bits per heavy atom. The van der Waals surface area contributed by atoms with Crippen molar-refractivity contribution in [2.75, 3.05) is 0 Å². The minimum Gasteiger partial charge on any atom is -0.323 e. The minimum absolute atomic E-state index is 0.0738. The van der Waals surface area contributed by atoms with Crippen molar-refractivity contribution in [2.45, 2.75) is 19.9 Å². The van der Waals surface area contributed by atoms with E-state index in [1.165, 1.54) is 17.4 Å². The molecule has 0 saturated heterocycles. The highest BCUT2D eigenvalue weighted by molar-refractivity contribution is 7.15. The van der Waals surface area contributed by atoms with Crippen LogP contribution in [0.4, 0.5) is 5.69 Å². The zero-order chi connectivity index (χ0) is 13.3. The van der Waals surface area contributed by atoms with E-state index < -0.39 is 4.92 Å². The van der Waals surface area contributed by atoms with Gasteiger partial charge in [0.05, 0.1) is 4.92 Å². The molecule has 0 aliphatic carbocycles. The third-order valence-electron chi connectivity index (χ3n) is 2.63. The first kappa shape index (κ1) is 12.7. The normalized spacial score (nSPS) is 12.4. The van der Waals surface area contributed by atoms with E-state index in [0.717, 1.165) is 21.0 Å². The molecule has 0 aliphatic heterocycles. The standard InChI is InChI=1S/C12H13N3O2S/c1-7-3-4-9(15(16)17)5-10(7)12-14-6-11(18-12)8(2)13/h3-6,8H,13H2,1-2H3. The second-order valence-corrected chi connectivity index (χ2v) is 5.18. The highest BCUT2D eigenvalue weighted by Crippen LogP contribution is 2.32. The van der Waals surface area contributed by atoms with Crippen molar-refractivity contribution in [3.63, 3.8) is 0 Å². The fraction of sp³-hybridized carbons (Fsp3) is 0.250. The zero-order valence-corrected chi connectivity index (χ0v) is 10.9. The summed E-state index contributed by atoms with van der Waals surface area (Å²) in [5, 5.41) is 11.5. The number of hydrogen-bond acceptors (Lipinski definition) is 5. The van der Waals surface area contributed by atoms with Crippen LogP contribution in [0.3, 0.4) is 0 Å². The number of nitro benzene ring substituents is 1. The highest BCUT2D eigenvalue weighted by atomic mass is 32.1. The molecule has 0 bridgehead atoms. The van der Waals surface area contributed by atoms with Crippen LogP contribution >= 0.6 is 11.3 Å². The predicted octanol–water partition coefficient (Wildman–Crippen LogP) is 3.05. The monoisotopic (exact) mass is 263 g/mol. The Morgan fingerprint density at radius 1 is 1.50 bits per heavy atom. The largest absolute Gasteiger partial charge is 0.323 e. The van der Waals surface area contributed by atoms with Gasteiger partial charge in [0.25, 0.3) is 5.69 Å². The molecule has 18 heavy (non-hydrogen) atoms. The van der Waals surface area contributed by atoms with Gasteiger partial charge in [-0.3, -0.25) is 10.1 Å². The fourth-order valence-corrected chi connectivity index (χ4v) is 2.53. The number of nitrogens with zero attached hydrogens (tertiary/aromatic N) is 2. The van der Waals surface area contributed by atoms with Gasteiger partial charge in [-0.05, 0) is 19.4 Å². The highest BCUT2D eigenvalue weighted by Gasteiger charge is 2.14. The van der Waals surface area contributed by atoms with Gasteiger partial charge in [-0.1, -0.05) is 6.07 Å². The number of hydrogen-bond donors (Lipinski definition) is 1. The predicted molar refractivity (Wildman–Crippen MR) is 71.5 cm³/mol. The molecule has 0 spiro atoms. The van der Waals surface area contributed by atoms with E-state index >= 15 is 0 Å². The number of nitro groups is 1. The summed E-state index contributed by atoms with van der Waals surface area (Å²) in [5.41, 5.74) is 7.62. The maximum Gasteiger partial charge on any atom is 0.270 e. The van der Waals surface area contributed by atoms with Gasteiger partial charge < -0.3 is 5.73 Å². The molecule has 1 aromatic heterocycles. The average Bonchev–Trinajstić information content (AvgIpc) is 2.78. The fourth-order valence-electron chi connectivity index (χ4n) is 1.58. The second kappa shape index (κ2) is 4.83. The van der Waals surface area contributed by atoms with E-state index in [1.807, 2.05) is 13.8 Å². The lowest BCUT2D eigenvalue weighted by Crippen LogP contribution is -2.01. The first-order valence-corrected chi connectivity index (χ1v) is 6.27. The number of aromatic nitrogens is 1. The Morgan fingerprint density at radius 2 is 2.22 bits per heavy atom. The zero-order valence-electron chi connectivity index (χ0n) is 10.1. The van der Waals surface area contributed by atoms with Gasteiger partial charge >= 0.3 is 0 Å². The Kier molecular flexibility index (Phi) is 3.40. The van der Waals surface area contributed by atoms with Crippen molar-refractivity contribution in [3.05, 3.63) is 45.0 Å². The van der Waals surface area contributed by atoms with Crippen molar-refractivity contribution in [3.8, 4) is 10.6 Å². The van der Waals surface area contributed by atoms with Crippen LogP contribution in [0.15, 0.2) is 24.4 Å². The molecule has 1 aromatic carbocycles. The topological polar surface area (TPSA) is 82.0 Å². The molecule has 2 rings (SSSR count). The smallest absolute Gasteiger partial charge is 0.270 e. The first-order valence-electron chi connectivity index (χ1n) is 5.45. The summed E-state index contributed by atoms with van der Waals surface area (Å²) in [4.78, 5) is 15.6. The molecule has 1 heterocycles. The number of aryl methyl sites for hydroxylation is 1. The number of non-ortho nitro benzene ring substituents is 1. The Bertz CT molecular complexity index is 593. The van der Waals surface area contributed by atoms with Crippen LogP contribution in [0.25, 0.3) is 10.6 Å². The lowest BCUT2D eigenvalue weighted by molar-refractivity contribution is -0.384. The molecule has 0 saturated carbocycles. The van der Waals surface area contributed by atoms with Crippen molar-refractivity contribution in [1.29, 1.82) is 0 Å². The third kappa shape index (κ3) is 2.39. The maximum absolute atomic E-state index is 10.8. The number of nitrogens with two attached hydrogens (primary N) is 1. The Balaban J connectivity index is 2.48. The molecule has 0 amide bonds. The molecule has 2 aromatic rings. The van der Waals surface area contributed by atoms with Crippen molar-refractivity contribution in [1.82, 2.24) is 4.98 Å². The lowest BCUT2D eigenvalue weighted by Gasteiger charge is -2.02. The van der Waals surface area contributed by atoms with E-state index in [0.29, 0.717) is 0 Å². The molecule has 0 fully saturated rings. The van der Waals surface area contributed by atoms with Crippen LogP contribution < -0.4 is 5.73 Å². The summed E-state index contributed by atoms with van der Waals surface area (Å²) in [6, 6.07) is 4.72. The summed E-state index contributed by atoms with van der Waals surface area (Å²) in [5.74, 6) is 0. The minimum atomic E-state index is -0.400. The average molecular weight is 263 g/mol. The second-order valence-electron chi connectivity index (χ2n) is 4.11. The molecule has 1 atom stereocenters. The molecule has 0 aliphatic rings. The van der Waals surface area contributed by atoms with Gasteiger partial charge in [-0.15, -0.1) is 11.3 Å². The summed E-state index contributed by atoms with van der Waals surface area (Å²) in [6.45, 7) is 3.80. The molecule has 94 valence electrons. The van der Waals surface area contributed by atoms with E-state index in [2.05, 4.69) is 4.98 Å². The first-order chi connectivity index (χ1) is 8.49. The van der Waals surface area contributed by atoms with E-state index in [4.69, 9.17) is 5.73 Å². The SMILES string of the molecule is Cc1ccc([N+](=O)[O-])cc1-c1ncc(C(C)N)s1.